The topological polar surface area (TPSA) is 36.0 Å². The Morgan fingerprint density at radius 2 is 0.821 bits per heavy atom. The zero-order chi connectivity index (χ0) is 57.2. The summed E-state index contributed by atoms with van der Waals surface area (Å²) in [5.74, 6) is 0. The van der Waals surface area contributed by atoms with Gasteiger partial charge in [0.2, 0.25) is 0 Å². The predicted octanol–water partition coefficient (Wildman–Crippen LogP) is 19.7. The molecule has 0 N–H and O–H groups in total. The summed E-state index contributed by atoms with van der Waals surface area (Å²) in [5, 5.41) is 4.54. The Balaban J connectivity index is 1.06. The summed E-state index contributed by atoms with van der Waals surface area (Å²) in [6.07, 6.45) is 9.13. The lowest BCUT2D eigenvalue weighted by Gasteiger charge is -2.51. The average molecular weight is 1100 g/mol. The molecular formula is C78H74BN3O2. The first-order valence-electron chi connectivity index (χ1n) is 31.3. The van der Waals surface area contributed by atoms with Crippen molar-refractivity contribution in [1.29, 1.82) is 0 Å². The van der Waals surface area contributed by atoms with Gasteiger partial charge in [0.05, 0.1) is 27.7 Å². The first-order valence-corrected chi connectivity index (χ1v) is 31.3. The minimum atomic E-state index is -0.233. The van der Waals surface area contributed by atoms with Gasteiger partial charge in [0.15, 0.2) is 0 Å². The van der Waals surface area contributed by atoms with Gasteiger partial charge < -0.3 is 23.5 Å². The number of furan rings is 2. The molecule has 3 aliphatic carbocycles. The first kappa shape index (κ1) is 50.5. The SMILES string of the molecule is CC1(C)CCC(C)(C)c2cc3c(cc21)B1c2cc4c(cc2N(c2cccc5oc6ccccc6c25)c2cc(N5c6ccc(-c7ccccc7)cc6C6(C)CCCCC56C)cc(c21)N3c1cccc2oc3ccccc3c12)C(C)(C)CCC4(C)C. The van der Waals surface area contributed by atoms with E-state index in [1.807, 2.05) is 0 Å². The molecular weight excluding hydrogens is 1020 g/mol. The third kappa shape index (κ3) is 6.69. The quantitative estimate of drug-likeness (QED) is 0.164. The maximum Gasteiger partial charge on any atom is 0.252 e. The van der Waals surface area contributed by atoms with Crippen molar-refractivity contribution in [3.8, 4) is 11.1 Å². The van der Waals surface area contributed by atoms with Crippen molar-refractivity contribution in [2.45, 2.75) is 153 Å². The molecule has 84 heavy (non-hydrogen) atoms. The van der Waals surface area contributed by atoms with E-state index in [9.17, 15) is 0 Å². The van der Waals surface area contributed by atoms with Crippen LogP contribution in [0.3, 0.4) is 0 Å². The summed E-state index contributed by atoms with van der Waals surface area (Å²) in [7, 11) is 0. The van der Waals surface area contributed by atoms with Gasteiger partial charge in [0.1, 0.15) is 22.3 Å². The van der Waals surface area contributed by atoms with Crippen molar-refractivity contribution >= 4 is 112 Å². The van der Waals surface area contributed by atoms with Crippen LogP contribution in [0.15, 0.2) is 179 Å². The fourth-order valence-electron chi connectivity index (χ4n) is 17.6. The highest BCUT2D eigenvalue weighted by molar-refractivity contribution is 7.00. The molecule has 0 saturated heterocycles. The van der Waals surface area contributed by atoms with Crippen molar-refractivity contribution in [1.82, 2.24) is 0 Å². The van der Waals surface area contributed by atoms with Crippen molar-refractivity contribution in [2.75, 3.05) is 14.7 Å². The van der Waals surface area contributed by atoms with Gasteiger partial charge in [-0.15, -0.1) is 0 Å². The van der Waals surface area contributed by atoms with E-state index in [4.69, 9.17) is 8.83 Å². The normalized spacial score (nSPS) is 21.9. The van der Waals surface area contributed by atoms with E-state index in [-0.39, 0.29) is 39.3 Å². The van der Waals surface area contributed by atoms with Crippen LogP contribution in [-0.4, -0.2) is 12.3 Å². The van der Waals surface area contributed by atoms with Gasteiger partial charge >= 0.3 is 0 Å². The Labute approximate surface area is 495 Å². The maximum atomic E-state index is 6.88. The third-order valence-electron chi connectivity index (χ3n) is 22.7. The van der Waals surface area contributed by atoms with E-state index in [0.29, 0.717) is 0 Å². The molecule has 0 radical (unpaired) electrons. The van der Waals surface area contributed by atoms with E-state index >= 15 is 0 Å². The molecule has 6 heteroatoms. The second-order valence-corrected chi connectivity index (χ2v) is 29.2. The zero-order valence-corrected chi connectivity index (χ0v) is 50.6. The number of para-hydroxylation sites is 2. The van der Waals surface area contributed by atoms with E-state index in [1.165, 1.54) is 102 Å². The number of fused-ring (bicyclic) bond motifs is 15. The highest BCUT2D eigenvalue weighted by atomic mass is 16.3. The van der Waals surface area contributed by atoms with Crippen LogP contribution in [0, 0.1) is 0 Å². The lowest BCUT2D eigenvalue weighted by Crippen LogP contribution is -2.62. The largest absolute Gasteiger partial charge is 0.456 e. The van der Waals surface area contributed by atoms with Gasteiger partial charge in [-0.2, -0.15) is 0 Å². The molecule has 5 nitrogen and oxygen atoms in total. The lowest BCUT2D eigenvalue weighted by atomic mass is 9.32. The summed E-state index contributed by atoms with van der Waals surface area (Å²) in [4.78, 5) is 8.27. The van der Waals surface area contributed by atoms with Gasteiger partial charge in [-0.1, -0.05) is 172 Å². The monoisotopic (exact) mass is 1100 g/mol. The average Bonchev–Trinajstić information content (AvgIpc) is 1.25. The molecule has 2 unspecified atom stereocenters. The molecule has 9 aromatic carbocycles. The van der Waals surface area contributed by atoms with Gasteiger partial charge in [-0.3, -0.25) is 0 Å². The fourth-order valence-corrected chi connectivity index (χ4v) is 17.6. The molecule has 2 aromatic heterocycles. The Morgan fingerprint density at radius 3 is 1.35 bits per heavy atom. The summed E-state index contributed by atoms with van der Waals surface area (Å²) in [6.45, 7) is 25.1. The third-order valence-corrected chi connectivity index (χ3v) is 22.7. The Bertz CT molecular complexity index is 4420. The van der Waals surface area contributed by atoms with Gasteiger partial charge in [0.25, 0.3) is 6.71 Å². The van der Waals surface area contributed by atoms with Crippen LogP contribution in [0.1, 0.15) is 148 Å². The van der Waals surface area contributed by atoms with E-state index in [0.717, 1.165) is 93.8 Å². The van der Waals surface area contributed by atoms with Crippen LogP contribution in [0.25, 0.3) is 55.0 Å². The van der Waals surface area contributed by atoms with Crippen molar-refractivity contribution in [3.05, 3.63) is 198 Å². The van der Waals surface area contributed by atoms with Crippen LogP contribution in [0.2, 0.25) is 0 Å². The number of hydrogen-bond acceptors (Lipinski definition) is 5. The van der Waals surface area contributed by atoms with E-state index < -0.39 is 0 Å². The minimum absolute atomic E-state index is 0.0204. The second kappa shape index (κ2) is 16.9. The molecule has 2 atom stereocenters. The smallest absolute Gasteiger partial charge is 0.252 e. The summed E-state index contributed by atoms with van der Waals surface area (Å²) in [6, 6.07) is 65.4. The summed E-state index contributed by atoms with van der Waals surface area (Å²) < 4.78 is 13.8. The van der Waals surface area contributed by atoms with Crippen molar-refractivity contribution in [2.24, 2.45) is 0 Å². The van der Waals surface area contributed by atoms with Crippen LogP contribution in [0.5, 0.6) is 0 Å². The van der Waals surface area contributed by atoms with Gasteiger partial charge in [0, 0.05) is 50.3 Å². The maximum absolute atomic E-state index is 6.88. The number of anilines is 8. The van der Waals surface area contributed by atoms with E-state index in [2.05, 4.69) is 254 Å². The fraction of sp³-hybridized carbons (Fsp3) is 0.308. The van der Waals surface area contributed by atoms with Crippen molar-refractivity contribution < 1.29 is 8.83 Å². The molecule has 0 bridgehead atoms. The number of nitrogens with zero attached hydrogens (tertiary/aromatic N) is 3. The van der Waals surface area contributed by atoms with Crippen LogP contribution in [0.4, 0.5) is 45.5 Å². The number of hydrogen-bond donors (Lipinski definition) is 0. The molecule has 0 spiro atoms. The molecule has 0 amide bonds. The standard InChI is InChI=1S/C78H74BN3O2/c1-73(2)36-38-75(5,6)54-45-62-57(43-52(54)73)79-58-44-53-55(76(7,8)39-37-74(53,3)4)46-63(58)81(61-27-21-31-69-71(61)51-25-15-17-29-67(51)84-69)65-42-49(41-64(72(65)79)80(62)60-26-20-30-68-70(60)50-24-14-16-28-66(50)83-68)82-59-33-32-48(47-22-12-11-13-23-47)40-56(59)77(9)34-18-19-35-78(77,82)10/h11-17,20-33,40-46H,18-19,34-39H2,1-10H3. The zero-order valence-electron chi connectivity index (χ0n) is 50.6. The predicted molar refractivity (Wildman–Crippen MR) is 354 cm³/mol. The molecule has 11 aromatic rings. The molecule has 5 heterocycles. The first-order chi connectivity index (χ1) is 40.4. The molecule has 3 aliphatic heterocycles. The second-order valence-electron chi connectivity index (χ2n) is 29.2. The Hall–Kier alpha value is -7.96. The summed E-state index contributed by atoms with van der Waals surface area (Å²) >= 11 is 0. The highest BCUT2D eigenvalue weighted by Gasteiger charge is 2.59. The van der Waals surface area contributed by atoms with Crippen LogP contribution >= 0.6 is 0 Å². The Kier molecular flexibility index (Phi) is 10.2. The van der Waals surface area contributed by atoms with Gasteiger partial charge in [-0.25, -0.2) is 0 Å². The number of rotatable bonds is 4. The molecule has 1 fully saturated rings. The molecule has 17 rings (SSSR count). The number of benzene rings is 9. The summed E-state index contributed by atoms with van der Waals surface area (Å²) in [5.41, 5.74) is 26.9. The molecule has 6 aliphatic rings. The van der Waals surface area contributed by atoms with E-state index in [1.54, 1.807) is 0 Å². The lowest BCUT2D eigenvalue weighted by molar-refractivity contribution is 0.195. The van der Waals surface area contributed by atoms with Gasteiger partial charge in [-0.05, 0) is 195 Å². The molecule has 1 saturated carbocycles. The molecule has 416 valence electrons. The highest BCUT2D eigenvalue weighted by Crippen LogP contribution is 2.63. The van der Waals surface area contributed by atoms with Crippen LogP contribution in [-0.2, 0) is 27.1 Å². The van der Waals surface area contributed by atoms with Crippen molar-refractivity contribution in [3.63, 3.8) is 0 Å². The Morgan fingerprint density at radius 1 is 0.357 bits per heavy atom. The minimum Gasteiger partial charge on any atom is -0.456 e. The van der Waals surface area contributed by atoms with Crippen LogP contribution < -0.4 is 31.1 Å².